The lowest BCUT2D eigenvalue weighted by molar-refractivity contribution is 0.0495. The van der Waals surface area contributed by atoms with Gasteiger partial charge >= 0.3 is 5.97 Å². The maximum absolute atomic E-state index is 12.2. The van der Waals surface area contributed by atoms with Crippen LogP contribution >= 0.6 is 0 Å². The SMILES string of the molecule is CCOc1ccc(C(=O)OCCCn2ccnc2C)cc1OCC. The summed E-state index contributed by atoms with van der Waals surface area (Å²) in [5, 5.41) is 0. The van der Waals surface area contributed by atoms with Crippen LogP contribution in [0.3, 0.4) is 0 Å². The van der Waals surface area contributed by atoms with Crippen molar-refractivity contribution in [3.63, 3.8) is 0 Å². The highest BCUT2D eigenvalue weighted by Gasteiger charge is 2.12. The minimum Gasteiger partial charge on any atom is -0.490 e. The predicted octanol–water partition coefficient (Wildman–Crippen LogP) is 3.24. The van der Waals surface area contributed by atoms with Gasteiger partial charge in [0.05, 0.1) is 25.4 Å². The molecule has 0 saturated carbocycles. The van der Waals surface area contributed by atoms with Gasteiger partial charge in [0.15, 0.2) is 11.5 Å². The van der Waals surface area contributed by atoms with Gasteiger partial charge in [0.25, 0.3) is 0 Å². The second kappa shape index (κ2) is 8.96. The Morgan fingerprint density at radius 2 is 1.92 bits per heavy atom. The number of aromatic nitrogens is 2. The van der Waals surface area contributed by atoms with Gasteiger partial charge in [-0.15, -0.1) is 0 Å². The first kappa shape index (κ1) is 17.8. The molecule has 6 nitrogen and oxygen atoms in total. The first-order valence-electron chi connectivity index (χ1n) is 8.20. The lowest BCUT2D eigenvalue weighted by Gasteiger charge is -2.12. The Balaban J connectivity index is 1.89. The van der Waals surface area contributed by atoms with Crippen LogP contribution in [0.1, 0.15) is 36.5 Å². The Bertz CT molecular complexity index is 667. The summed E-state index contributed by atoms with van der Waals surface area (Å²) in [4.78, 5) is 16.3. The molecule has 1 aromatic carbocycles. The van der Waals surface area contributed by atoms with E-state index in [9.17, 15) is 4.79 Å². The van der Waals surface area contributed by atoms with Crippen LogP contribution in [-0.4, -0.2) is 35.3 Å². The molecule has 2 aromatic rings. The second-order valence-electron chi connectivity index (χ2n) is 5.18. The van der Waals surface area contributed by atoms with E-state index in [4.69, 9.17) is 14.2 Å². The van der Waals surface area contributed by atoms with Gasteiger partial charge < -0.3 is 18.8 Å². The molecule has 0 saturated heterocycles. The summed E-state index contributed by atoms with van der Waals surface area (Å²) in [5.74, 6) is 1.78. The van der Waals surface area contributed by atoms with Crippen molar-refractivity contribution in [2.24, 2.45) is 0 Å². The molecule has 0 aliphatic carbocycles. The van der Waals surface area contributed by atoms with Crippen LogP contribution in [0.15, 0.2) is 30.6 Å². The van der Waals surface area contributed by atoms with Crippen LogP contribution in [0.5, 0.6) is 11.5 Å². The smallest absolute Gasteiger partial charge is 0.338 e. The summed E-state index contributed by atoms with van der Waals surface area (Å²) >= 11 is 0. The van der Waals surface area contributed by atoms with E-state index in [0.717, 1.165) is 18.8 Å². The molecule has 130 valence electrons. The molecule has 2 rings (SSSR count). The first-order chi connectivity index (χ1) is 11.7. The van der Waals surface area contributed by atoms with Gasteiger partial charge in [-0.2, -0.15) is 0 Å². The fourth-order valence-electron chi connectivity index (χ4n) is 2.30. The lowest BCUT2D eigenvalue weighted by Crippen LogP contribution is -2.10. The van der Waals surface area contributed by atoms with E-state index in [1.165, 1.54) is 0 Å². The van der Waals surface area contributed by atoms with Gasteiger partial charge in [-0.05, 0) is 45.4 Å². The van der Waals surface area contributed by atoms with Crippen LogP contribution in [0.4, 0.5) is 0 Å². The van der Waals surface area contributed by atoms with Crippen molar-refractivity contribution < 1.29 is 19.0 Å². The van der Waals surface area contributed by atoms with Crippen LogP contribution in [0.2, 0.25) is 0 Å². The van der Waals surface area contributed by atoms with Gasteiger partial charge in [0.2, 0.25) is 0 Å². The minimum atomic E-state index is -0.360. The number of carbonyl (C=O) groups is 1. The number of hydrogen-bond donors (Lipinski definition) is 0. The van der Waals surface area contributed by atoms with Gasteiger partial charge in [0, 0.05) is 18.9 Å². The van der Waals surface area contributed by atoms with Crippen molar-refractivity contribution in [3.8, 4) is 11.5 Å². The molecule has 0 spiro atoms. The molecule has 24 heavy (non-hydrogen) atoms. The summed E-state index contributed by atoms with van der Waals surface area (Å²) in [7, 11) is 0. The van der Waals surface area contributed by atoms with Crippen molar-refractivity contribution in [1.29, 1.82) is 0 Å². The zero-order chi connectivity index (χ0) is 17.4. The topological polar surface area (TPSA) is 62.6 Å². The van der Waals surface area contributed by atoms with Gasteiger partial charge in [-0.25, -0.2) is 9.78 Å². The Morgan fingerprint density at radius 3 is 2.58 bits per heavy atom. The number of benzene rings is 1. The summed E-state index contributed by atoms with van der Waals surface area (Å²) in [6.07, 6.45) is 4.41. The zero-order valence-corrected chi connectivity index (χ0v) is 14.4. The van der Waals surface area contributed by atoms with Crippen molar-refractivity contribution in [2.45, 2.75) is 33.7 Å². The average molecular weight is 332 g/mol. The van der Waals surface area contributed by atoms with E-state index in [0.29, 0.717) is 36.9 Å². The number of ether oxygens (including phenoxy) is 3. The average Bonchev–Trinajstić information content (AvgIpc) is 2.98. The highest BCUT2D eigenvalue weighted by Crippen LogP contribution is 2.28. The maximum atomic E-state index is 12.2. The molecule has 0 N–H and O–H groups in total. The molecule has 6 heteroatoms. The van der Waals surface area contributed by atoms with Gasteiger partial charge in [-0.3, -0.25) is 0 Å². The zero-order valence-electron chi connectivity index (χ0n) is 14.4. The molecule has 0 aliphatic rings. The molecule has 0 unspecified atom stereocenters. The quantitative estimate of drug-likeness (QED) is 0.521. The normalized spacial score (nSPS) is 10.5. The molecule has 1 aromatic heterocycles. The number of imidazole rings is 1. The van der Waals surface area contributed by atoms with Crippen LogP contribution in [-0.2, 0) is 11.3 Å². The highest BCUT2D eigenvalue weighted by atomic mass is 16.5. The number of carbonyl (C=O) groups excluding carboxylic acids is 1. The van der Waals surface area contributed by atoms with Crippen LogP contribution in [0, 0.1) is 6.92 Å². The van der Waals surface area contributed by atoms with Crippen LogP contribution in [0.25, 0.3) is 0 Å². The third-order valence-corrected chi connectivity index (χ3v) is 3.48. The molecule has 0 fully saturated rings. The first-order valence-corrected chi connectivity index (χ1v) is 8.20. The Morgan fingerprint density at radius 1 is 1.17 bits per heavy atom. The van der Waals surface area contributed by atoms with Crippen molar-refractivity contribution >= 4 is 5.97 Å². The molecule has 0 radical (unpaired) electrons. The minimum absolute atomic E-state index is 0.355. The Hall–Kier alpha value is -2.50. The number of aryl methyl sites for hydroxylation is 2. The third-order valence-electron chi connectivity index (χ3n) is 3.48. The lowest BCUT2D eigenvalue weighted by atomic mass is 10.2. The standard InChI is InChI=1S/C18H24N2O4/c1-4-22-16-8-7-15(13-17(16)23-5-2)18(21)24-12-6-10-20-11-9-19-14(20)3/h7-9,11,13H,4-6,10,12H2,1-3H3. The van der Waals surface area contributed by atoms with E-state index >= 15 is 0 Å². The Labute approximate surface area is 142 Å². The fraction of sp³-hybridized carbons (Fsp3) is 0.444. The van der Waals surface area contributed by atoms with Gasteiger partial charge in [-0.1, -0.05) is 0 Å². The van der Waals surface area contributed by atoms with E-state index in [2.05, 4.69) is 4.98 Å². The van der Waals surface area contributed by atoms with E-state index in [-0.39, 0.29) is 5.97 Å². The highest BCUT2D eigenvalue weighted by molar-refractivity contribution is 5.90. The van der Waals surface area contributed by atoms with Crippen molar-refractivity contribution in [3.05, 3.63) is 42.0 Å². The third kappa shape index (κ3) is 4.75. The van der Waals surface area contributed by atoms with Crippen molar-refractivity contribution in [2.75, 3.05) is 19.8 Å². The summed E-state index contributed by atoms with van der Waals surface area (Å²) in [6, 6.07) is 5.09. The van der Waals surface area contributed by atoms with Gasteiger partial charge in [0.1, 0.15) is 5.82 Å². The van der Waals surface area contributed by atoms with Crippen LogP contribution < -0.4 is 9.47 Å². The molecule has 1 heterocycles. The molecule has 0 bridgehead atoms. The molecular formula is C18H24N2O4. The van der Waals surface area contributed by atoms with E-state index < -0.39 is 0 Å². The summed E-state index contributed by atoms with van der Waals surface area (Å²) in [5.41, 5.74) is 0.459. The molecule has 0 atom stereocenters. The molecular weight excluding hydrogens is 308 g/mol. The molecule has 0 aliphatic heterocycles. The largest absolute Gasteiger partial charge is 0.490 e. The Kier molecular flexibility index (Phi) is 6.66. The number of hydrogen-bond acceptors (Lipinski definition) is 5. The summed E-state index contributed by atoms with van der Waals surface area (Å²) < 4.78 is 18.4. The van der Waals surface area contributed by atoms with E-state index in [1.54, 1.807) is 24.4 Å². The summed E-state index contributed by atoms with van der Waals surface area (Å²) in [6.45, 7) is 7.90. The maximum Gasteiger partial charge on any atom is 0.338 e. The number of esters is 1. The predicted molar refractivity (Wildman–Crippen MR) is 90.6 cm³/mol. The monoisotopic (exact) mass is 332 g/mol. The van der Waals surface area contributed by atoms with E-state index in [1.807, 2.05) is 31.5 Å². The van der Waals surface area contributed by atoms with Crippen molar-refractivity contribution in [1.82, 2.24) is 9.55 Å². The number of rotatable bonds is 9. The number of nitrogens with zero attached hydrogens (tertiary/aromatic N) is 2. The fourth-order valence-corrected chi connectivity index (χ4v) is 2.30. The second-order valence-corrected chi connectivity index (χ2v) is 5.18. The molecule has 0 amide bonds.